The molecule has 0 atom stereocenters. The van der Waals surface area contributed by atoms with Crippen molar-refractivity contribution in [2.24, 2.45) is 5.92 Å². The Hall–Kier alpha value is -13.7. The zero-order chi connectivity index (χ0) is 95.9. The van der Waals surface area contributed by atoms with Crippen molar-refractivity contribution in [2.75, 3.05) is 0 Å². The summed E-state index contributed by atoms with van der Waals surface area (Å²) in [6, 6.07) is 137. The number of pyridine rings is 7. The Labute approximate surface area is 876 Å². The molecule has 0 aliphatic heterocycles. The quantitative estimate of drug-likeness (QED) is 0.0681. The number of fused-ring (bicyclic) bond motifs is 9. The van der Waals surface area contributed by atoms with E-state index < -0.39 is 8.07 Å². The normalized spacial score (nSPS) is 12.0. The Morgan fingerprint density at radius 3 is 1.37 bits per heavy atom. The van der Waals surface area contributed by atoms with Gasteiger partial charge in [0.05, 0.1) is 24.8 Å². The van der Waals surface area contributed by atoms with E-state index in [9.17, 15) is 0 Å². The number of aromatic nitrogens is 7. The Morgan fingerprint density at radius 2 is 0.810 bits per heavy atom. The molecule has 0 bridgehead atoms. The maximum Gasteiger partial charge on any atom is 0.121 e. The summed E-state index contributed by atoms with van der Waals surface area (Å²) in [4.78, 5) is 31.3. The molecule has 10 aromatic heterocycles. The first-order valence-electron chi connectivity index (χ1n) is 47.9. The molecule has 10 heterocycles. The SMILES string of the molecule is CC(C)(c1ccccc1)c1ccc2c(c1)oc1c(-c3ccccn3)[c-]ccc12.CC(C)(c1ccccc1)c1cccc2oc3c(-c4ccccn4)[c-]ccc3c12.CC(C)(c1ccncc1)c1c[c-]c(-c2ccccn2)c2oc3ccccc3c12.C[Si](C)(C)c1ccc(-c2[c-]cccc2)nc1.Cc1cnc(-c2[c-]cccc2)cc1-c1ccccc1.Cc1cnc(-c2[c-]cccc2)cc1CC1CCCCC1.[Ir].[Ir].[Ir]. The molecule has 1 aliphatic carbocycles. The molecule has 22 aromatic rings. The predicted molar refractivity (Wildman–Crippen MR) is 575 cm³/mol. The molecule has 0 saturated heterocycles. The summed E-state index contributed by atoms with van der Waals surface area (Å²) in [5.74, 6) is 0.873. The van der Waals surface area contributed by atoms with Crippen LogP contribution in [-0.4, -0.2) is 43.0 Å². The van der Waals surface area contributed by atoms with Gasteiger partial charge in [-0.2, -0.15) is 0 Å². The number of hydrogen-bond acceptors (Lipinski definition) is 10. The van der Waals surface area contributed by atoms with Crippen LogP contribution >= 0.6 is 0 Å². The van der Waals surface area contributed by atoms with E-state index in [1.54, 1.807) is 18.6 Å². The van der Waals surface area contributed by atoms with Gasteiger partial charge in [0.15, 0.2) is 0 Å². The summed E-state index contributed by atoms with van der Waals surface area (Å²) in [6.07, 6.45) is 23.3. The average Bonchev–Trinajstić information content (AvgIpc) is 1.54. The zero-order valence-corrected chi connectivity index (χ0v) is 89.9. The predicted octanol–water partition coefficient (Wildman–Crippen LogP) is 32.3. The van der Waals surface area contributed by atoms with E-state index in [1.165, 1.54) is 105 Å². The molecule has 0 N–H and O–H groups in total. The maximum atomic E-state index is 6.34. The van der Waals surface area contributed by atoms with Gasteiger partial charge >= 0.3 is 0 Å². The fraction of sp³-hybridized carbons (Fsp3) is 0.164. The first kappa shape index (κ1) is 103. The fourth-order valence-corrected chi connectivity index (χ4v) is 19.7. The smallest absolute Gasteiger partial charge is 0.121 e. The number of para-hydroxylation sites is 1. The van der Waals surface area contributed by atoms with Crippen molar-refractivity contribution in [3.8, 4) is 78.7 Å². The largest absolute Gasteiger partial charge is 0.501 e. The minimum atomic E-state index is -1.23. The van der Waals surface area contributed by atoms with Crippen LogP contribution in [0.15, 0.2) is 409 Å². The second-order valence-electron chi connectivity index (χ2n) is 38.1. The topological polar surface area (TPSA) is 130 Å². The minimum absolute atomic E-state index is 0. The van der Waals surface area contributed by atoms with Crippen molar-refractivity contribution < 1.29 is 73.6 Å². The second kappa shape index (κ2) is 46.8. The molecular weight excluding hydrogens is 2290 g/mol. The fourth-order valence-electron chi connectivity index (χ4n) is 18.7. The van der Waals surface area contributed by atoms with Gasteiger partial charge in [-0.25, -0.2) is 0 Å². The van der Waals surface area contributed by atoms with Gasteiger partial charge in [-0.3, -0.25) is 4.98 Å². The molecule has 3 radical (unpaired) electrons. The summed E-state index contributed by atoms with van der Waals surface area (Å²) >= 11 is 0. The van der Waals surface area contributed by atoms with E-state index in [4.69, 9.17) is 13.3 Å². The van der Waals surface area contributed by atoms with Crippen molar-refractivity contribution in [1.29, 1.82) is 0 Å². The summed E-state index contributed by atoms with van der Waals surface area (Å²) in [5, 5.41) is 8.11. The van der Waals surface area contributed by atoms with Gasteiger partial charge in [-0.15, -0.1) is 162 Å². The van der Waals surface area contributed by atoms with Crippen molar-refractivity contribution >= 4 is 79.1 Å². The van der Waals surface area contributed by atoms with Gasteiger partial charge in [0.1, 0.15) is 16.7 Å². The third-order valence-electron chi connectivity index (χ3n) is 26.8. The molecule has 713 valence electrons. The van der Waals surface area contributed by atoms with Crippen LogP contribution in [-0.2, 0) is 83.0 Å². The number of hydrogen-bond donors (Lipinski definition) is 0. The van der Waals surface area contributed by atoms with E-state index in [2.05, 4.69) is 334 Å². The monoisotopic (exact) mass is 2400 g/mol. The molecule has 23 rings (SSSR count). The first-order valence-corrected chi connectivity index (χ1v) is 51.4. The van der Waals surface area contributed by atoms with Crippen molar-refractivity contribution in [3.05, 3.63) is 482 Å². The summed E-state index contributed by atoms with van der Waals surface area (Å²) in [5.41, 5.74) is 30.1. The third-order valence-corrected chi connectivity index (χ3v) is 28.8. The zero-order valence-electron chi connectivity index (χ0n) is 81.7. The van der Waals surface area contributed by atoms with E-state index >= 15 is 0 Å². The van der Waals surface area contributed by atoms with Crippen LogP contribution in [0.2, 0.25) is 19.6 Å². The molecule has 142 heavy (non-hydrogen) atoms. The number of nitrogens with zero attached hydrogens (tertiary/aromatic N) is 7. The number of rotatable bonds is 16. The molecule has 1 saturated carbocycles. The molecule has 0 unspecified atom stereocenters. The average molecular weight is 2400 g/mol. The van der Waals surface area contributed by atoms with Crippen LogP contribution in [0, 0.1) is 56.2 Å². The van der Waals surface area contributed by atoms with Crippen LogP contribution in [0.4, 0.5) is 0 Å². The summed E-state index contributed by atoms with van der Waals surface area (Å²) in [7, 11) is -1.23. The molecule has 0 amide bonds. The molecule has 14 heteroatoms. The van der Waals surface area contributed by atoms with Gasteiger partial charge in [0.25, 0.3) is 0 Å². The van der Waals surface area contributed by atoms with Crippen LogP contribution in [0.5, 0.6) is 0 Å². The van der Waals surface area contributed by atoms with Crippen LogP contribution in [0.3, 0.4) is 0 Å². The Balaban J connectivity index is 0.000000129. The van der Waals surface area contributed by atoms with Gasteiger partial charge in [-0.05, 0) is 170 Å². The van der Waals surface area contributed by atoms with E-state index in [0.717, 1.165) is 139 Å². The number of benzene rings is 12. The van der Waals surface area contributed by atoms with Crippen molar-refractivity contribution in [2.45, 2.75) is 130 Å². The van der Waals surface area contributed by atoms with Gasteiger partial charge < -0.3 is 43.2 Å². The molecule has 0 spiro atoms. The van der Waals surface area contributed by atoms with Crippen LogP contribution in [0.1, 0.15) is 124 Å². The van der Waals surface area contributed by atoms with Crippen LogP contribution in [0.25, 0.3) is 144 Å². The van der Waals surface area contributed by atoms with E-state index in [0.29, 0.717) is 0 Å². The van der Waals surface area contributed by atoms with Gasteiger partial charge in [-0.1, -0.05) is 326 Å². The second-order valence-corrected chi connectivity index (χ2v) is 43.2. The molecule has 1 aliphatic rings. The summed E-state index contributed by atoms with van der Waals surface area (Å²) < 4.78 is 19.0. The minimum Gasteiger partial charge on any atom is -0.501 e. The number of aryl methyl sites for hydroxylation is 2. The van der Waals surface area contributed by atoms with Crippen LogP contribution < -0.4 is 5.19 Å². The maximum absolute atomic E-state index is 6.34. The Bertz CT molecular complexity index is 7860. The van der Waals surface area contributed by atoms with Gasteiger partial charge in [0.2, 0.25) is 0 Å². The molecule has 10 nitrogen and oxygen atoms in total. The number of furan rings is 3. The van der Waals surface area contributed by atoms with Gasteiger partial charge in [0, 0.05) is 137 Å². The molecule has 1 fully saturated rings. The first-order chi connectivity index (χ1) is 67.7. The summed E-state index contributed by atoms with van der Waals surface area (Å²) in [6.45, 7) is 24.8. The Morgan fingerprint density at radius 1 is 0.324 bits per heavy atom. The standard InChI is InChI=1S/2C26H20NO.C25H19N2O.C19H22N.C18H14N.C14H16NSi.3Ir/c1-26(2,18-10-4-3-5-11-18)21-14-9-16-23-24(21)20-13-8-12-19(25(20)28-23)22-15-6-7-17-27-22;1-26(2,18-9-4-3-5-10-18)19-14-15-20-21-11-8-12-22(23-13-6-7-16-27-23)25(21)28-24(20)17-19;1-25(2,17-12-15-26-16-13-17)20-11-10-18(21-8-5-6-14-27-21)24-23(20)19-7-3-4-9-22(19)28-24;1-15-14-20-19(17-10-6-3-7-11-17)13-18(15)12-16-8-4-2-5-9-16;1-14-13-19-18(16-10-6-3-7-11-16)12-17(14)15-8-4-2-5-9-15;1-16(2,3)13-9-10-14(15-11-13)12-7-5-4-6-8-12;;;/h2*3-11,13-17H,1-2H3;3-9,11-16H,1-2H3;3,6-7,10,13-14,16H,2,4-5,8-9,12H2,1H3;2-10,12-13H,1H3;4-7,9-11H,1-3H3;;;/q6*-1;;;. The molecule has 12 aromatic carbocycles. The molecular formula is C128H111Ir3N7O3Si-6. The van der Waals surface area contributed by atoms with E-state index in [1.807, 2.05) is 189 Å². The van der Waals surface area contributed by atoms with E-state index in [-0.39, 0.29) is 76.6 Å². The van der Waals surface area contributed by atoms with Crippen molar-refractivity contribution in [1.82, 2.24) is 34.9 Å². The van der Waals surface area contributed by atoms with Crippen molar-refractivity contribution in [3.63, 3.8) is 0 Å². The Kier molecular flexibility index (Phi) is 33.8. The third kappa shape index (κ3) is 23.4.